The van der Waals surface area contributed by atoms with Crippen LogP contribution in [-0.2, 0) is 15.6 Å². The highest BCUT2D eigenvalue weighted by atomic mass is 16.5. The Hall–Kier alpha value is -1.51. The van der Waals surface area contributed by atoms with Gasteiger partial charge in [0, 0.05) is 18.1 Å². The predicted octanol–water partition coefficient (Wildman–Crippen LogP) is 4.22. The molecule has 0 aliphatic rings. The van der Waals surface area contributed by atoms with Crippen molar-refractivity contribution >= 4 is 5.97 Å². The lowest BCUT2D eigenvalue weighted by molar-refractivity contribution is -0.131. The minimum Gasteiger partial charge on any atom is -0.507 e. The minimum absolute atomic E-state index is 0.229. The summed E-state index contributed by atoms with van der Waals surface area (Å²) in [6.07, 6.45) is 0. The van der Waals surface area contributed by atoms with Crippen molar-refractivity contribution in [2.45, 2.75) is 66.2 Å². The average Bonchev–Trinajstić information content (AvgIpc) is 2.17. The van der Waals surface area contributed by atoms with Crippen LogP contribution in [0.2, 0.25) is 0 Å². The quantitative estimate of drug-likeness (QED) is 0.618. The zero-order chi connectivity index (χ0) is 15.9. The molecule has 112 valence electrons. The summed E-state index contributed by atoms with van der Waals surface area (Å²) in [5, 5.41) is 10.7. The molecule has 1 aromatic carbocycles. The first-order valence-corrected chi connectivity index (χ1v) is 6.91. The number of carbonyl (C=O) groups excluding carboxylic acids is 1. The largest absolute Gasteiger partial charge is 0.507 e. The van der Waals surface area contributed by atoms with E-state index in [1.54, 1.807) is 6.07 Å². The first-order chi connectivity index (χ1) is 8.85. The Labute approximate surface area is 122 Å². The molecule has 0 bridgehead atoms. The van der Waals surface area contributed by atoms with E-state index in [1.165, 1.54) is 6.92 Å². The van der Waals surface area contributed by atoms with Gasteiger partial charge in [-0.3, -0.25) is 4.79 Å². The number of esters is 1. The molecule has 0 amide bonds. The van der Waals surface area contributed by atoms with E-state index in [4.69, 9.17) is 4.74 Å². The first kappa shape index (κ1) is 16.5. The van der Waals surface area contributed by atoms with Crippen LogP contribution < -0.4 is 4.74 Å². The highest BCUT2D eigenvalue weighted by Crippen LogP contribution is 2.44. The molecule has 0 saturated heterocycles. The average molecular weight is 278 g/mol. The van der Waals surface area contributed by atoms with E-state index in [0.29, 0.717) is 11.5 Å². The topological polar surface area (TPSA) is 46.5 Å². The highest BCUT2D eigenvalue weighted by molar-refractivity contribution is 5.71. The van der Waals surface area contributed by atoms with Crippen molar-refractivity contribution in [3.8, 4) is 11.5 Å². The molecule has 0 aliphatic heterocycles. The fourth-order valence-corrected chi connectivity index (χ4v) is 2.49. The van der Waals surface area contributed by atoms with Crippen LogP contribution in [0.25, 0.3) is 0 Å². The van der Waals surface area contributed by atoms with Gasteiger partial charge in [-0.2, -0.15) is 0 Å². The van der Waals surface area contributed by atoms with Crippen molar-refractivity contribution in [2.75, 3.05) is 0 Å². The van der Waals surface area contributed by atoms with Gasteiger partial charge in [-0.15, -0.1) is 0 Å². The molecular formula is C17H26O3. The van der Waals surface area contributed by atoms with Crippen molar-refractivity contribution < 1.29 is 14.6 Å². The number of phenolic OH excluding ortho intramolecular Hbond substituents is 1. The van der Waals surface area contributed by atoms with Crippen LogP contribution in [-0.4, -0.2) is 11.1 Å². The molecule has 20 heavy (non-hydrogen) atoms. The molecular weight excluding hydrogens is 252 g/mol. The van der Waals surface area contributed by atoms with E-state index in [-0.39, 0.29) is 16.8 Å². The van der Waals surface area contributed by atoms with Crippen LogP contribution in [0.3, 0.4) is 0 Å². The lowest BCUT2D eigenvalue weighted by Crippen LogP contribution is -2.19. The van der Waals surface area contributed by atoms with E-state index in [0.717, 1.165) is 16.7 Å². The van der Waals surface area contributed by atoms with E-state index in [2.05, 4.69) is 0 Å². The molecule has 0 radical (unpaired) electrons. The summed E-state index contributed by atoms with van der Waals surface area (Å²) >= 11 is 0. The molecule has 1 aromatic rings. The fourth-order valence-electron chi connectivity index (χ4n) is 2.49. The van der Waals surface area contributed by atoms with Crippen molar-refractivity contribution in [1.82, 2.24) is 0 Å². The number of hydrogen-bond acceptors (Lipinski definition) is 3. The summed E-state index contributed by atoms with van der Waals surface area (Å²) in [5.41, 5.74) is 1.99. The second kappa shape index (κ2) is 5.12. The normalized spacial score (nSPS) is 12.4. The lowest BCUT2D eigenvalue weighted by atomic mass is 9.77. The standard InChI is InChI=1S/C17H26O3/c1-10-13(20-11(2)18)9-12(16(3,4)5)15(19)14(10)17(6,7)8/h9,19H,1-8H3. The number of hydrogen-bond donors (Lipinski definition) is 1. The SMILES string of the molecule is CC(=O)Oc1cc(C(C)(C)C)c(O)c(C(C)(C)C)c1C. The van der Waals surface area contributed by atoms with Crippen molar-refractivity contribution in [3.05, 3.63) is 22.8 Å². The van der Waals surface area contributed by atoms with Gasteiger partial charge in [0.1, 0.15) is 11.5 Å². The molecule has 1 rings (SSSR count). The minimum atomic E-state index is -0.349. The lowest BCUT2D eigenvalue weighted by Gasteiger charge is -2.30. The maximum Gasteiger partial charge on any atom is 0.308 e. The van der Waals surface area contributed by atoms with Crippen molar-refractivity contribution in [2.24, 2.45) is 0 Å². The molecule has 3 nitrogen and oxygen atoms in total. The molecule has 0 aromatic heterocycles. The van der Waals surface area contributed by atoms with Crippen molar-refractivity contribution in [1.29, 1.82) is 0 Å². The molecule has 0 fully saturated rings. The van der Waals surface area contributed by atoms with Crippen LogP contribution in [0.1, 0.15) is 65.2 Å². The van der Waals surface area contributed by atoms with Gasteiger partial charge >= 0.3 is 5.97 Å². The van der Waals surface area contributed by atoms with Gasteiger partial charge in [-0.1, -0.05) is 41.5 Å². The van der Waals surface area contributed by atoms with Gasteiger partial charge in [0.25, 0.3) is 0 Å². The Kier molecular flexibility index (Phi) is 4.23. The summed E-state index contributed by atoms with van der Waals surface area (Å²) in [5.74, 6) is 0.488. The summed E-state index contributed by atoms with van der Waals surface area (Å²) < 4.78 is 5.32. The summed E-state index contributed by atoms with van der Waals surface area (Å²) in [6, 6.07) is 1.78. The van der Waals surface area contributed by atoms with Crippen LogP contribution in [0.15, 0.2) is 6.07 Å². The van der Waals surface area contributed by atoms with Crippen LogP contribution in [0.5, 0.6) is 11.5 Å². The number of ether oxygens (including phenoxy) is 1. The Balaban J connectivity index is 3.70. The van der Waals surface area contributed by atoms with Gasteiger partial charge in [-0.25, -0.2) is 0 Å². The molecule has 0 saturated carbocycles. The van der Waals surface area contributed by atoms with Gasteiger partial charge in [0.2, 0.25) is 0 Å². The second-order valence-electron chi connectivity index (χ2n) is 7.36. The summed E-state index contributed by atoms with van der Waals surface area (Å²) in [6.45, 7) is 15.5. The Bertz CT molecular complexity index is 529. The van der Waals surface area contributed by atoms with E-state index in [1.807, 2.05) is 48.5 Å². The van der Waals surface area contributed by atoms with Crippen molar-refractivity contribution in [3.63, 3.8) is 0 Å². The zero-order valence-electron chi connectivity index (χ0n) is 13.8. The van der Waals surface area contributed by atoms with Gasteiger partial charge in [0.15, 0.2) is 0 Å². The number of rotatable bonds is 1. The van der Waals surface area contributed by atoms with Gasteiger partial charge in [0.05, 0.1) is 0 Å². The van der Waals surface area contributed by atoms with E-state index < -0.39 is 0 Å². The van der Waals surface area contributed by atoms with E-state index >= 15 is 0 Å². The molecule has 0 heterocycles. The smallest absolute Gasteiger partial charge is 0.308 e. The molecule has 1 N–H and O–H groups in total. The van der Waals surface area contributed by atoms with Crippen LogP contribution >= 0.6 is 0 Å². The molecule has 3 heteroatoms. The number of carbonyl (C=O) groups is 1. The molecule has 0 atom stereocenters. The maximum absolute atomic E-state index is 11.3. The zero-order valence-corrected chi connectivity index (χ0v) is 13.8. The highest BCUT2D eigenvalue weighted by Gasteiger charge is 2.29. The summed E-state index contributed by atoms with van der Waals surface area (Å²) in [4.78, 5) is 11.3. The third kappa shape index (κ3) is 3.33. The third-order valence-corrected chi connectivity index (χ3v) is 3.32. The first-order valence-electron chi connectivity index (χ1n) is 6.91. The molecule has 0 aliphatic carbocycles. The third-order valence-electron chi connectivity index (χ3n) is 3.32. The Morgan fingerprint density at radius 3 is 1.95 bits per heavy atom. The molecule has 0 unspecified atom stereocenters. The fraction of sp³-hybridized carbons (Fsp3) is 0.588. The monoisotopic (exact) mass is 278 g/mol. The summed E-state index contributed by atoms with van der Waals surface area (Å²) in [7, 11) is 0. The predicted molar refractivity (Wildman–Crippen MR) is 81.6 cm³/mol. The number of benzene rings is 1. The van der Waals surface area contributed by atoms with Crippen LogP contribution in [0.4, 0.5) is 0 Å². The number of phenols is 1. The van der Waals surface area contributed by atoms with Gasteiger partial charge in [-0.05, 0) is 29.4 Å². The van der Waals surface area contributed by atoms with Gasteiger partial charge < -0.3 is 9.84 Å². The second-order valence-corrected chi connectivity index (χ2v) is 7.36. The molecule has 0 spiro atoms. The van der Waals surface area contributed by atoms with E-state index in [9.17, 15) is 9.90 Å². The maximum atomic E-state index is 11.3. The Morgan fingerprint density at radius 1 is 1.10 bits per heavy atom. The Morgan fingerprint density at radius 2 is 1.60 bits per heavy atom. The number of aromatic hydroxyl groups is 1. The van der Waals surface area contributed by atoms with Crippen LogP contribution in [0, 0.1) is 6.92 Å².